The van der Waals surface area contributed by atoms with Gasteiger partial charge in [0.15, 0.2) is 17.0 Å². The lowest BCUT2D eigenvalue weighted by Gasteiger charge is -2.32. The summed E-state index contributed by atoms with van der Waals surface area (Å²) in [4.78, 5) is 30.9. The van der Waals surface area contributed by atoms with Crippen LogP contribution in [0.25, 0.3) is 16.9 Å². The van der Waals surface area contributed by atoms with E-state index in [2.05, 4.69) is 15.4 Å². The molecule has 2 aromatic heterocycles. The molecule has 0 unspecified atom stereocenters. The van der Waals surface area contributed by atoms with E-state index >= 15 is 0 Å². The van der Waals surface area contributed by atoms with Crippen molar-refractivity contribution in [3.8, 4) is 17.0 Å². The maximum Gasteiger partial charge on any atom is 0.433 e. The van der Waals surface area contributed by atoms with Gasteiger partial charge in [-0.25, -0.2) is 14.3 Å². The monoisotopic (exact) mass is 519 g/mol. The Kier molecular flexibility index (Phi) is 7.03. The van der Waals surface area contributed by atoms with Crippen molar-refractivity contribution in [1.82, 2.24) is 24.8 Å². The van der Waals surface area contributed by atoms with Gasteiger partial charge in [-0.2, -0.15) is 18.3 Å². The number of alkyl carbamates (subject to hydrolysis) is 1. The fourth-order valence-corrected chi connectivity index (χ4v) is 4.05. The first-order chi connectivity index (χ1) is 17.3. The number of nitrogens with zero attached hydrogens (tertiary/aromatic N) is 4. The second-order valence-corrected chi connectivity index (χ2v) is 9.77. The summed E-state index contributed by atoms with van der Waals surface area (Å²) in [7, 11) is 1.49. The van der Waals surface area contributed by atoms with Crippen molar-refractivity contribution >= 4 is 17.6 Å². The first-order valence-electron chi connectivity index (χ1n) is 11.8. The maximum absolute atomic E-state index is 13.9. The fourth-order valence-electron chi connectivity index (χ4n) is 4.05. The largest absolute Gasteiger partial charge is 0.497 e. The Bertz CT molecular complexity index is 1290. The van der Waals surface area contributed by atoms with Crippen molar-refractivity contribution in [3.63, 3.8) is 0 Å². The number of hydrogen-bond donors (Lipinski definition) is 1. The van der Waals surface area contributed by atoms with Gasteiger partial charge in [0.1, 0.15) is 11.4 Å². The number of halogens is 3. The highest BCUT2D eigenvalue weighted by molar-refractivity contribution is 5.93. The Morgan fingerprint density at radius 1 is 1.05 bits per heavy atom. The molecule has 1 fully saturated rings. The molecule has 1 N–H and O–H groups in total. The number of carbonyl (C=O) groups excluding carboxylic acids is 2. The molecule has 198 valence electrons. The van der Waals surface area contributed by atoms with E-state index in [-0.39, 0.29) is 23.1 Å². The van der Waals surface area contributed by atoms with Crippen LogP contribution in [0.2, 0.25) is 0 Å². The van der Waals surface area contributed by atoms with Crippen LogP contribution in [0.4, 0.5) is 18.0 Å². The van der Waals surface area contributed by atoms with Crippen LogP contribution in [-0.4, -0.2) is 63.3 Å². The van der Waals surface area contributed by atoms with Crippen molar-refractivity contribution in [2.24, 2.45) is 0 Å². The zero-order chi connectivity index (χ0) is 27.0. The molecule has 3 aromatic rings. The van der Waals surface area contributed by atoms with Crippen LogP contribution in [0.15, 0.2) is 36.4 Å². The number of fused-ring (bicyclic) bond motifs is 1. The normalized spacial score (nSPS) is 15.1. The molecule has 9 nitrogen and oxygen atoms in total. The van der Waals surface area contributed by atoms with Crippen LogP contribution < -0.4 is 10.1 Å². The number of carbonyl (C=O) groups is 2. The fraction of sp³-hybridized carbons (Fsp3) is 0.440. The third-order valence-electron chi connectivity index (χ3n) is 5.83. The summed E-state index contributed by atoms with van der Waals surface area (Å²) < 4.78 is 52.7. The van der Waals surface area contributed by atoms with Crippen molar-refractivity contribution in [2.75, 3.05) is 20.2 Å². The topological polar surface area (TPSA) is 98.1 Å². The molecule has 1 aliphatic heterocycles. The molecule has 37 heavy (non-hydrogen) atoms. The van der Waals surface area contributed by atoms with E-state index in [4.69, 9.17) is 9.47 Å². The maximum atomic E-state index is 13.9. The minimum Gasteiger partial charge on any atom is -0.497 e. The molecule has 0 radical (unpaired) electrons. The molecule has 1 aliphatic rings. The highest BCUT2D eigenvalue weighted by Crippen LogP contribution is 2.33. The number of alkyl halides is 3. The van der Waals surface area contributed by atoms with Gasteiger partial charge in [-0.1, -0.05) is 0 Å². The van der Waals surface area contributed by atoms with Crippen LogP contribution in [0.5, 0.6) is 5.75 Å². The van der Waals surface area contributed by atoms with Crippen molar-refractivity contribution in [3.05, 3.63) is 47.8 Å². The van der Waals surface area contributed by atoms with E-state index < -0.39 is 29.5 Å². The Labute approximate surface area is 211 Å². The predicted octanol–water partition coefficient (Wildman–Crippen LogP) is 4.55. The molecule has 0 spiro atoms. The van der Waals surface area contributed by atoms with Crippen LogP contribution >= 0.6 is 0 Å². The average Bonchev–Trinajstić information content (AvgIpc) is 3.26. The molecule has 12 heteroatoms. The smallest absolute Gasteiger partial charge is 0.433 e. The number of benzene rings is 1. The van der Waals surface area contributed by atoms with E-state index in [0.29, 0.717) is 41.8 Å². The van der Waals surface area contributed by atoms with E-state index in [0.717, 1.165) is 6.07 Å². The number of piperidine rings is 1. The van der Waals surface area contributed by atoms with Gasteiger partial charge in [-0.15, -0.1) is 0 Å². The van der Waals surface area contributed by atoms with E-state index in [1.165, 1.54) is 18.1 Å². The van der Waals surface area contributed by atoms with Gasteiger partial charge < -0.3 is 19.7 Å². The van der Waals surface area contributed by atoms with Gasteiger partial charge >= 0.3 is 12.3 Å². The molecule has 0 atom stereocenters. The Balaban J connectivity index is 1.54. The number of rotatable bonds is 4. The van der Waals surface area contributed by atoms with Gasteiger partial charge in [0.2, 0.25) is 0 Å². The molecule has 1 aromatic carbocycles. The first kappa shape index (κ1) is 26.2. The van der Waals surface area contributed by atoms with Crippen LogP contribution in [0.1, 0.15) is 49.8 Å². The molecular weight excluding hydrogens is 491 g/mol. The Hall–Kier alpha value is -3.83. The molecule has 0 saturated carbocycles. The highest BCUT2D eigenvalue weighted by Gasteiger charge is 2.36. The molecule has 4 rings (SSSR count). The third kappa shape index (κ3) is 6.12. The van der Waals surface area contributed by atoms with Crippen LogP contribution in [-0.2, 0) is 10.9 Å². The average molecular weight is 520 g/mol. The lowest BCUT2D eigenvalue weighted by molar-refractivity contribution is -0.142. The molecule has 2 amide bonds. The van der Waals surface area contributed by atoms with Crippen molar-refractivity contribution < 1.29 is 32.2 Å². The summed E-state index contributed by atoms with van der Waals surface area (Å²) in [6, 6.07) is 8.46. The number of methoxy groups -OCH3 is 1. The van der Waals surface area contributed by atoms with Gasteiger partial charge in [0.25, 0.3) is 5.91 Å². The van der Waals surface area contributed by atoms with Crippen molar-refractivity contribution in [2.45, 2.75) is 51.4 Å². The summed E-state index contributed by atoms with van der Waals surface area (Å²) >= 11 is 0. The van der Waals surface area contributed by atoms with E-state index in [9.17, 15) is 22.8 Å². The van der Waals surface area contributed by atoms with Gasteiger partial charge in [-0.3, -0.25) is 4.79 Å². The van der Waals surface area contributed by atoms with E-state index in [1.54, 1.807) is 45.0 Å². The minimum absolute atomic E-state index is 0.0922. The molecule has 0 bridgehead atoms. The molecule has 3 heterocycles. The lowest BCUT2D eigenvalue weighted by atomic mass is 10.0. The number of hydrogen-bond acceptors (Lipinski definition) is 6. The molecule has 0 aliphatic carbocycles. The zero-order valence-electron chi connectivity index (χ0n) is 20.9. The number of aromatic nitrogens is 3. The summed E-state index contributed by atoms with van der Waals surface area (Å²) in [6.07, 6.45) is -4.30. The second kappa shape index (κ2) is 9.91. The van der Waals surface area contributed by atoms with Crippen LogP contribution in [0.3, 0.4) is 0 Å². The summed E-state index contributed by atoms with van der Waals surface area (Å²) in [5.41, 5.74) is -1.34. The first-order valence-corrected chi connectivity index (χ1v) is 11.8. The van der Waals surface area contributed by atoms with Gasteiger partial charge in [0, 0.05) is 30.8 Å². The summed E-state index contributed by atoms with van der Waals surface area (Å²) in [5, 5.41) is 6.74. The number of ether oxygens (including phenoxy) is 2. The van der Waals surface area contributed by atoms with Gasteiger partial charge in [0.05, 0.1) is 12.8 Å². The zero-order valence-corrected chi connectivity index (χ0v) is 20.9. The number of nitrogens with one attached hydrogen (secondary N) is 1. The van der Waals surface area contributed by atoms with Gasteiger partial charge in [-0.05, 0) is 63.9 Å². The Morgan fingerprint density at radius 3 is 2.27 bits per heavy atom. The quantitative estimate of drug-likeness (QED) is 0.543. The lowest BCUT2D eigenvalue weighted by Crippen LogP contribution is -2.47. The number of likely N-dealkylation sites (tertiary alicyclic amines) is 1. The van der Waals surface area contributed by atoms with Crippen molar-refractivity contribution in [1.29, 1.82) is 0 Å². The van der Waals surface area contributed by atoms with Crippen LogP contribution in [0, 0.1) is 0 Å². The number of amides is 2. The minimum atomic E-state index is -4.72. The summed E-state index contributed by atoms with van der Waals surface area (Å²) in [5.74, 6) is 0.0588. The molecular formula is C25H28F3N5O4. The molecule has 1 saturated heterocycles. The highest BCUT2D eigenvalue weighted by atomic mass is 19.4. The van der Waals surface area contributed by atoms with E-state index in [1.807, 2.05) is 0 Å². The standard InChI is InChI=1S/C25H28F3N5O4/c1-24(2,3)37-23(35)29-16-9-11-32(12-10-16)22(34)19-14-21-30-18(15-5-7-17(36-4)8-6-15)13-20(25(26,27)28)33(21)31-19/h5-8,13-14,16H,9-12H2,1-4H3,(H,29,35). The summed E-state index contributed by atoms with van der Waals surface area (Å²) in [6.45, 7) is 5.92. The second-order valence-electron chi connectivity index (χ2n) is 9.77. The SMILES string of the molecule is COc1ccc(-c2cc(C(F)(F)F)n3nc(C(=O)N4CCC(NC(=O)OC(C)(C)C)CC4)cc3n2)cc1. The third-order valence-corrected chi connectivity index (χ3v) is 5.83. The Morgan fingerprint density at radius 2 is 1.70 bits per heavy atom. The predicted molar refractivity (Wildman–Crippen MR) is 128 cm³/mol.